The Morgan fingerprint density at radius 1 is 1.11 bits per heavy atom. The molecule has 1 atom stereocenters. The number of carbonyl (C=O) groups excluding carboxylic acids is 1. The fourth-order valence-electron chi connectivity index (χ4n) is 3.18. The minimum absolute atomic E-state index is 0.193. The number of hydrogen-bond donors (Lipinski definition) is 1. The van der Waals surface area contributed by atoms with Crippen LogP contribution in [0.2, 0.25) is 0 Å². The fourth-order valence-corrected chi connectivity index (χ4v) is 3.18. The van der Waals surface area contributed by atoms with E-state index in [4.69, 9.17) is 0 Å². The third kappa shape index (κ3) is 5.45. The zero-order valence-electron chi connectivity index (χ0n) is 15.5. The highest BCUT2D eigenvalue weighted by Gasteiger charge is 2.34. The Morgan fingerprint density at radius 2 is 1.74 bits per heavy atom. The van der Waals surface area contributed by atoms with Crippen molar-refractivity contribution in [2.24, 2.45) is 0 Å². The lowest BCUT2D eigenvalue weighted by atomic mass is 9.79. The van der Waals surface area contributed by atoms with E-state index in [1.165, 1.54) is 6.20 Å². The minimum Gasteiger partial charge on any atom is -0.352 e. The molecule has 1 amide bonds. The molecular formula is C20H23F3N2O2. The van der Waals surface area contributed by atoms with Crippen molar-refractivity contribution in [3.63, 3.8) is 0 Å². The monoisotopic (exact) mass is 380 g/mol. The molecule has 0 saturated carbocycles. The number of aromatic nitrogens is 1. The highest BCUT2D eigenvalue weighted by atomic mass is 19.4. The Hall–Kier alpha value is -2.57. The Labute approximate surface area is 156 Å². The number of rotatable bonds is 6. The van der Waals surface area contributed by atoms with E-state index < -0.39 is 29.8 Å². The summed E-state index contributed by atoms with van der Waals surface area (Å²) < 4.78 is 39.2. The summed E-state index contributed by atoms with van der Waals surface area (Å²) in [6.45, 7) is 5.49. The van der Waals surface area contributed by atoms with E-state index >= 15 is 0 Å². The van der Waals surface area contributed by atoms with Crippen molar-refractivity contribution in [3.8, 4) is 0 Å². The van der Waals surface area contributed by atoms with Crippen LogP contribution >= 0.6 is 0 Å². The van der Waals surface area contributed by atoms with Gasteiger partial charge in [-0.05, 0) is 36.5 Å². The number of nitrogens with one attached hydrogen (secondary N) is 1. The Kier molecular flexibility index (Phi) is 6.13. The topological polar surface area (TPSA) is 51.1 Å². The third-order valence-electron chi connectivity index (χ3n) is 4.42. The van der Waals surface area contributed by atoms with Crippen molar-refractivity contribution >= 4 is 5.91 Å². The van der Waals surface area contributed by atoms with Crippen LogP contribution in [0.25, 0.3) is 0 Å². The summed E-state index contributed by atoms with van der Waals surface area (Å²) in [7, 11) is 0. The van der Waals surface area contributed by atoms with Gasteiger partial charge in [0.1, 0.15) is 12.1 Å². The normalized spacial score (nSPS) is 13.3. The highest BCUT2D eigenvalue weighted by Crippen LogP contribution is 2.28. The van der Waals surface area contributed by atoms with E-state index in [2.05, 4.69) is 19.2 Å². The van der Waals surface area contributed by atoms with Crippen LogP contribution in [0.5, 0.6) is 0 Å². The van der Waals surface area contributed by atoms with Gasteiger partial charge in [0.05, 0.1) is 0 Å². The maximum atomic E-state index is 12.8. The Morgan fingerprint density at radius 3 is 2.33 bits per heavy atom. The molecule has 0 fully saturated rings. The van der Waals surface area contributed by atoms with Gasteiger partial charge in [0.2, 0.25) is 5.91 Å². The molecule has 0 aliphatic heterocycles. The van der Waals surface area contributed by atoms with Crippen LogP contribution in [0.4, 0.5) is 13.2 Å². The summed E-state index contributed by atoms with van der Waals surface area (Å²) >= 11 is 0. The average molecular weight is 380 g/mol. The van der Waals surface area contributed by atoms with Crippen molar-refractivity contribution in [3.05, 3.63) is 70.1 Å². The predicted molar refractivity (Wildman–Crippen MR) is 97.4 cm³/mol. The van der Waals surface area contributed by atoms with E-state index in [-0.39, 0.29) is 11.5 Å². The van der Waals surface area contributed by atoms with Crippen molar-refractivity contribution in [1.82, 2.24) is 9.88 Å². The van der Waals surface area contributed by atoms with Gasteiger partial charge in [-0.2, -0.15) is 13.2 Å². The molecule has 7 heteroatoms. The van der Waals surface area contributed by atoms with E-state index in [1.54, 1.807) is 0 Å². The van der Waals surface area contributed by atoms with Gasteiger partial charge < -0.3 is 9.88 Å². The molecule has 2 aromatic rings. The first-order valence-corrected chi connectivity index (χ1v) is 8.62. The van der Waals surface area contributed by atoms with Gasteiger partial charge in [0.15, 0.2) is 0 Å². The summed E-state index contributed by atoms with van der Waals surface area (Å²) in [5.74, 6) is -0.507. The number of alkyl halides is 3. The molecule has 1 aromatic carbocycles. The lowest BCUT2D eigenvalue weighted by molar-refractivity contribution is -0.139. The van der Waals surface area contributed by atoms with Crippen molar-refractivity contribution in [1.29, 1.82) is 0 Å². The number of benzene rings is 1. The minimum atomic E-state index is -4.75. The molecule has 1 aromatic heterocycles. The first-order chi connectivity index (χ1) is 12.5. The van der Waals surface area contributed by atoms with Crippen molar-refractivity contribution in [2.75, 3.05) is 0 Å². The first-order valence-electron chi connectivity index (χ1n) is 8.62. The first kappa shape index (κ1) is 20.7. The van der Waals surface area contributed by atoms with Crippen LogP contribution in [0.1, 0.15) is 38.3 Å². The summed E-state index contributed by atoms with van der Waals surface area (Å²) in [5, 5.41) is 2.76. The van der Waals surface area contributed by atoms with Crippen molar-refractivity contribution < 1.29 is 18.0 Å². The summed E-state index contributed by atoms with van der Waals surface area (Å²) in [4.78, 5) is 24.1. The molecule has 0 radical (unpaired) electrons. The molecule has 2 rings (SSSR count). The van der Waals surface area contributed by atoms with Gasteiger partial charge in [-0.3, -0.25) is 9.59 Å². The van der Waals surface area contributed by atoms with Crippen LogP contribution in [-0.4, -0.2) is 16.5 Å². The molecule has 0 saturated heterocycles. The zero-order valence-corrected chi connectivity index (χ0v) is 15.5. The number of nitrogens with zero attached hydrogens (tertiary/aromatic N) is 1. The maximum absolute atomic E-state index is 12.8. The van der Waals surface area contributed by atoms with Crippen LogP contribution in [-0.2, 0) is 22.9 Å². The molecule has 1 unspecified atom stereocenters. The molecule has 27 heavy (non-hydrogen) atoms. The van der Waals surface area contributed by atoms with Crippen LogP contribution in [0.15, 0.2) is 53.5 Å². The molecule has 146 valence electrons. The zero-order chi connectivity index (χ0) is 20.2. The second-order valence-corrected chi connectivity index (χ2v) is 7.28. The van der Waals surface area contributed by atoms with E-state index in [0.717, 1.165) is 16.2 Å². The summed E-state index contributed by atoms with van der Waals surface area (Å²) in [6.07, 6.45) is -2.93. The molecule has 0 aliphatic carbocycles. The Balaban J connectivity index is 2.03. The van der Waals surface area contributed by atoms with Gasteiger partial charge in [-0.15, -0.1) is 0 Å². The smallest absolute Gasteiger partial charge is 0.352 e. The van der Waals surface area contributed by atoms with Crippen LogP contribution < -0.4 is 10.9 Å². The van der Waals surface area contributed by atoms with E-state index in [0.29, 0.717) is 12.5 Å². The highest BCUT2D eigenvalue weighted by molar-refractivity contribution is 5.76. The molecule has 4 nitrogen and oxygen atoms in total. The molecule has 0 aliphatic rings. The van der Waals surface area contributed by atoms with E-state index in [1.807, 2.05) is 37.3 Å². The van der Waals surface area contributed by atoms with Gasteiger partial charge >= 0.3 is 6.18 Å². The standard InChI is InChI=1S/C20H23F3N2O2/c1-14(12-19(2,3)15-8-5-4-6-9-15)24-17(26)13-25-11-7-10-16(18(25)27)20(21,22)23/h4-11,14H,12-13H2,1-3H3,(H,24,26). The van der Waals surface area contributed by atoms with Gasteiger partial charge in [-0.1, -0.05) is 44.2 Å². The number of pyridine rings is 1. The number of halogens is 3. The van der Waals surface area contributed by atoms with E-state index in [9.17, 15) is 22.8 Å². The quantitative estimate of drug-likeness (QED) is 0.830. The maximum Gasteiger partial charge on any atom is 0.421 e. The lowest BCUT2D eigenvalue weighted by Gasteiger charge is -2.29. The number of amides is 1. The molecule has 0 bridgehead atoms. The Bertz CT molecular complexity index is 842. The summed E-state index contributed by atoms with van der Waals surface area (Å²) in [6, 6.07) is 11.4. The van der Waals surface area contributed by atoms with Crippen LogP contribution in [0.3, 0.4) is 0 Å². The SMILES string of the molecule is CC(CC(C)(C)c1ccccc1)NC(=O)Cn1cccc(C(F)(F)F)c1=O. The number of hydrogen-bond acceptors (Lipinski definition) is 2. The largest absolute Gasteiger partial charge is 0.421 e. The second kappa shape index (κ2) is 7.98. The van der Waals surface area contributed by atoms with Crippen LogP contribution in [0, 0.1) is 0 Å². The number of carbonyl (C=O) groups is 1. The fraction of sp³-hybridized carbons (Fsp3) is 0.400. The predicted octanol–water partition coefficient (Wildman–Crippen LogP) is 3.74. The van der Waals surface area contributed by atoms with Gasteiger partial charge in [0.25, 0.3) is 5.56 Å². The molecule has 1 heterocycles. The molecule has 0 spiro atoms. The van der Waals surface area contributed by atoms with Gasteiger partial charge in [-0.25, -0.2) is 0 Å². The second-order valence-electron chi connectivity index (χ2n) is 7.28. The molecule has 1 N–H and O–H groups in total. The third-order valence-corrected chi connectivity index (χ3v) is 4.42. The lowest BCUT2D eigenvalue weighted by Crippen LogP contribution is -2.40. The van der Waals surface area contributed by atoms with Gasteiger partial charge in [0, 0.05) is 12.2 Å². The average Bonchev–Trinajstić information content (AvgIpc) is 2.55. The summed E-state index contributed by atoms with van der Waals surface area (Å²) in [5.41, 5.74) is -1.57. The molecular weight excluding hydrogens is 357 g/mol. The van der Waals surface area contributed by atoms with Crippen molar-refractivity contribution in [2.45, 2.75) is 51.4 Å².